The third-order valence-corrected chi connectivity index (χ3v) is 3.45. The maximum Gasteiger partial charge on any atom is 0.0897 e. The van der Waals surface area contributed by atoms with Gasteiger partial charge in [-0.25, -0.2) is 0 Å². The van der Waals surface area contributed by atoms with Gasteiger partial charge in [-0.1, -0.05) is 42.5 Å². The molecule has 1 atom stereocenters. The molecule has 21 heavy (non-hydrogen) atoms. The van der Waals surface area contributed by atoms with Gasteiger partial charge >= 0.3 is 0 Å². The summed E-state index contributed by atoms with van der Waals surface area (Å²) in [4.78, 5) is 0. The Morgan fingerprint density at radius 3 is 2.71 bits per heavy atom. The van der Waals surface area contributed by atoms with Crippen molar-refractivity contribution in [3.05, 3.63) is 59.7 Å². The van der Waals surface area contributed by atoms with Crippen LogP contribution < -0.4 is 5.32 Å². The van der Waals surface area contributed by atoms with Crippen molar-refractivity contribution in [2.45, 2.75) is 19.6 Å². The van der Waals surface area contributed by atoms with Crippen LogP contribution in [0.5, 0.6) is 0 Å². The first-order chi connectivity index (χ1) is 10.2. The molecule has 2 rings (SSSR count). The second kappa shape index (κ2) is 7.93. The van der Waals surface area contributed by atoms with Gasteiger partial charge in [0.2, 0.25) is 0 Å². The van der Waals surface area contributed by atoms with Crippen molar-refractivity contribution in [2.75, 3.05) is 20.3 Å². The van der Waals surface area contributed by atoms with Gasteiger partial charge < -0.3 is 15.2 Å². The summed E-state index contributed by atoms with van der Waals surface area (Å²) in [6, 6.07) is 16.9. The van der Waals surface area contributed by atoms with Gasteiger partial charge in [-0.15, -0.1) is 0 Å². The van der Waals surface area contributed by atoms with Gasteiger partial charge in [0.15, 0.2) is 0 Å². The minimum absolute atomic E-state index is 0.357. The van der Waals surface area contributed by atoms with Crippen LogP contribution in [-0.2, 0) is 11.3 Å². The number of aliphatic hydroxyl groups excluding tert-OH is 1. The number of rotatable bonds is 7. The lowest BCUT2D eigenvalue weighted by Gasteiger charge is -2.12. The van der Waals surface area contributed by atoms with E-state index in [1.807, 2.05) is 0 Å². The molecule has 0 aromatic heterocycles. The second-order valence-electron chi connectivity index (χ2n) is 5.26. The van der Waals surface area contributed by atoms with Crippen LogP contribution in [0.2, 0.25) is 0 Å². The van der Waals surface area contributed by atoms with Crippen molar-refractivity contribution in [3.63, 3.8) is 0 Å². The minimum atomic E-state index is -0.463. The van der Waals surface area contributed by atoms with Gasteiger partial charge in [0.1, 0.15) is 0 Å². The average Bonchev–Trinajstić information content (AvgIpc) is 2.48. The lowest BCUT2D eigenvalue weighted by Crippen LogP contribution is -2.29. The number of aliphatic hydroxyl groups is 1. The number of methoxy groups -OCH3 is 1. The first-order valence-electron chi connectivity index (χ1n) is 7.23. The maximum absolute atomic E-state index is 9.61. The molecular weight excluding hydrogens is 262 g/mol. The van der Waals surface area contributed by atoms with Crippen LogP contribution >= 0.6 is 0 Å². The summed E-state index contributed by atoms with van der Waals surface area (Å²) >= 11 is 0. The Morgan fingerprint density at radius 1 is 1.14 bits per heavy atom. The molecule has 2 aromatic carbocycles. The van der Waals surface area contributed by atoms with E-state index in [0.717, 1.165) is 6.54 Å². The molecule has 0 aliphatic heterocycles. The minimum Gasteiger partial charge on any atom is -0.389 e. The fourth-order valence-corrected chi connectivity index (χ4v) is 2.38. The Morgan fingerprint density at radius 2 is 1.95 bits per heavy atom. The molecule has 3 heteroatoms. The van der Waals surface area contributed by atoms with E-state index in [1.165, 1.54) is 22.3 Å². The fourth-order valence-electron chi connectivity index (χ4n) is 2.38. The molecule has 0 spiro atoms. The zero-order valence-corrected chi connectivity index (χ0v) is 12.7. The molecule has 0 heterocycles. The Kier molecular flexibility index (Phi) is 5.93. The quantitative estimate of drug-likeness (QED) is 0.822. The van der Waals surface area contributed by atoms with Crippen LogP contribution in [0.1, 0.15) is 11.1 Å². The van der Waals surface area contributed by atoms with Gasteiger partial charge in [-0.05, 0) is 35.2 Å². The molecule has 0 radical (unpaired) electrons. The average molecular weight is 285 g/mol. The van der Waals surface area contributed by atoms with Gasteiger partial charge in [0, 0.05) is 20.2 Å². The van der Waals surface area contributed by atoms with Crippen molar-refractivity contribution in [2.24, 2.45) is 0 Å². The van der Waals surface area contributed by atoms with E-state index in [2.05, 4.69) is 60.8 Å². The Hall–Kier alpha value is -1.68. The number of hydrogen-bond donors (Lipinski definition) is 2. The monoisotopic (exact) mass is 285 g/mol. The van der Waals surface area contributed by atoms with Crippen LogP contribution in [0, 0.1) is 6.92 Å². The molecule has 2 aromatic rings. The highest BCUT2D eigenvalue weighted by molar-refractivity contribution is 5.67. The zero-order chi connectivity index (χ0) is 15.1. The maximum atomic E-state index is 9.61. The standard InChI is InChI=1S/C18H23NO2/c1-14-6-3-4-9-18(14)16-8-5-7-15(10-16)11-19-12-17(20)13-21-2/h3-10,17,19-20H,11-13H2,1-2H3. The molecule has 0 aliphatic rings. The van der Waals surface area contributed by atoms with Crippen molar-refractivity contribution in [3.8, 4) is 11.1 Å². The van der Waals surface area contributed by atoms with Crippen molar-refractivity contribution in [1.29, 1.82) is 0 Å². The lowest BCUT2D eigenvalue weighted by atomic mass is 9.99. The van der Waals surface area contributed by atoms with E-state index < -0.39 is 6.10 Å². The zero-order valence-electron chi connectivity index (χ0n) is 12.7. The van der Waals surface area contributed by atoms with Gasteiger partial charge in [-0.2, -0.15) is 0 Å². The largest absolute Gasteiger partial charge is 0.389 e. The first-order valence-corrected chi connectivity index (χ1v) is 7.23. The molecule has 0 bridgehead atoms. The Balaban J connectivity index is 2.00. The Labute approximate surface area is 126 Å². The molecule has 112 valence electrons. The van der Waals surface area contributed by atoms with Gasteiger partial charge in [-0.3, -0.25) is 0 Å². The van der Waals surface area contributed by atoms with E-state index in [0.29, 0.717) is 13.2 Å². The van der Waals surface area contributed by atoms with Crippen LogP contribution in [0.25, 0.3) is 11.1 Å². The number of hydrogen-bond acceptors (Lipinski definition) is 3. The van der Waals surface area contributed by atoms with E-state index in [9.17, 15) is 5.11 Å². The fraction of sp³-hybridized carbons (Fsp3) is 0.333. The smallest absolute Gasteiger partial charge is 0.0897 e. The molecule has 0 amide bonds. The van der Waals surface area contributed by atoms with Gasteiger partial charge in [0.25, 0.3) is 0 Å². The third kappa shape index (κ3) is 4.67. The van der Waals surface area contributed by atoms with Crippen LogP contribution in [-0.4, -0.2) is 31.5 Å². The van der Waals surface area contributed by atoms with Crippen LogP contribution in [0.4, 0.5) is 0 Å². The summed E-state index contributed by atoms with van der Waals surface area (Å²) in [5.41, 5.74) is 4.97. The van der Waals surface area contributed by atoms with Gasteiger partial charge in [0.05, 0.1) is 12.7 Å². The van der Waals surface area contributed by atoms with E-state index in [-0.39, 0.29) is 0 Å². The molecule has 0 saturated heterocycles. The summed E-state index contributed by atoms with van der Waals surface area (Å²) < 4.78 is 4.91. The predicted octanol–water partition coefficient (Wildman–Crippen LogP) is 2.76. The highest BCUT2D eigenvalue weighted by Crippen LogP contribution is 2.23. The van der Waals surface area contributed by atoms with Crippen molar-refractivity contribution >= 4 is 0 Å². The van der Waals surface area contributed by atoms with Crippen LogP contribution in [0.15, 0.2) is 48.5 Å². The van der Waals surface area contributed by atoms with Crippen molar-refractivity contribution < 1.29 is 9.84 Å². The summed E-state index contributed by atoms with van der Waals surface area (Å²) in [6.07, 6.45) is -0.463. The molecule has 0 saturated carbocycles. The highest BCUT2D eigenvalue weighted by Gasteiger charge is 2.04. The van der Waals surface area contributed by atoms with E-state index in [1.54, 1.807) is 7.11 Å². The number of nitrogens with one attached hydrogen (secondary N) is 1. The number of ether oxygens (including phenoxy) is 1. The Bertz CT molecular complexity index is 569. The first kappa shape index (κ1) is 15.7. The predicted molar refractivity (Wildman–Crippen MR) is 86.2 cm³/mol. The lowest BCUT2D eigenvalue weighted by molar-refractivity contribution is 0.0644. The molecule has 2 N–H and O–H groups in total. The normalized spacial score (nSPS) is 12.3. The van der Waals surface area contributed by atoms with Crippen LogP contribution in [0.3, 0.4) is 0 Å². The third-order valence-electron chi connectivity index (χ3n) is 3.45. The van der Waals surface area contributed by atoms with E-state index >= 15 is 0 Å². The van der Waals surface area contributed by atoms with E-state index in [4.69, 9.17) is 4.74 Å². The van der Waals surface area contributed by atoms with Crippen molar-refractivity contribution in [1.82, 2.24) is 5.32 Å². The summed E-state index contributed by atoms with van der Waals surface area (Å²) in [5.74, 6) is 0. The number of benzene rings is 2. The second-order valence-corrected chi connectivity index (χ2v) is 5.26. The number of aryl methyl sites for hydroxylation is 1. The summed E-state index contributed by atoms with van der Waals surface area (Å²) in [7, 11) is 1.59. The molecular formula is C18H23NO2. The molecule has 0 fully saturated rings. The molecule has 3 nitrogen and oxygen atoms in total. The summed E-state index contributed by atoms with van der Waals surface area (Å²) in [6.45, 7) is 3.75. The highest BCUT2D eigenvalue weighted by atomic mass is 16.5. The topological polar surface area (TPSA) is 41.5 Å². The molecule has 0 aliphatic carbocycles. The molecule has 1 unspecified atom stereocenters. The summed E-state index contributed by atoms with van der Waals surface area (Å²) in [5, 5.41) is 12.9. The SMILES string of the molecule is COCC(O)CNCc1cccc(-c2ccccc2C)c1.